The molecule has 120 valence electrons. The third kappa shape index (κ3) is 2.50. The third-order valence-electron chi connectivity index (χ3n) is 4.32. The molecule has 1 atom stereocenters. The predicted octanol–water partition coefficient (Wildman–Crippen LogP) is 2.37. The molecule has 0 saturated carbocycles. The fourth-order valence-electron chi connectivity index (χ4n) is 3.07. The van der Waals surface area contributed by atoms with Crippen molar-refractivity contribution in [2.75, 3.05) is 7.11 Å². The largest absolute Gasteiger partial charge is 0.481 e. The molecule has 23 heavy (non-hydrogen) atoms. The number of pyridine rings is 2. The summed E-state index contributed by atoms with van der Waals surface area (Å²) < 4.78 is 7.08. The molecule has 2 aromatic rings. The van der Waals surface area contributed by atoms with Gasteiger partial charge in [0.25, 0.3) is 0 Å². The number of carboxylic acids is 1. The number of methoxy groups -OCH3 is 1. The van der Waals surface area contributed by atoms with Crippen molar-refractivity contribution in [1.82, 2.24) is 9.55 Å². The van der Waals surface area contributed by atoms with Crippen molar-refractivity contribution < 1.29 is 14.6 Å². The Morgan fingerprint density at radius 2 is 2.17 bits per heavy atom. The molecule has 0 spiro atoms. The van der Waals surface area contributed by atoms with Crippen LogP contribution in [0.25, 0.3) is 11.3 Å². The molecular formula is C17H18N2O4. The van der Waals surface area contributed by atoms with Crippen LogP contribution in [0.15, 0.2) is 29.3 Å². The van der Waals surface area contributed by atoms with E-state index in [1.165, 1.54) is 12.3 Å². The molecule has 6 nitrogen and oxygen atoms in total. The maximum absolute atomic E-state index is 12.1. The van der Waals surface area contributed by atoms with Crippen molar-refractivity contribution in [3.8, 4) is 17.1 Å². The van der Waals surface area contributed by atoms with E-state index in [2.05, 4.69) is 18.8 Å². The van der Waals surface area contributed by atoms with Gasteiger partial charge in [-0.2, -0.15) is 0 Å². The first-order chi connectivity index (χ1) is 10.9. The normalized spacial score (nSPS) is 15.9. The molecule has 0 bridgehead atoms. The Bertz CT molecular complexity index is 839. The second-order valence-corrected chi connectivity index (χ2v) is 6.05. The maximum Gasteiger partial charge on any atom is 0.341 e. The van der Waals surface area contributed by atoms with Gasteiger partial charge in [-0.05, 0) is 17.9 Å². The van der Waals surface area contributed by atoms with Gasteiger partial charge in [0.1, 0.15) is 5.56 Å². The molecule has 1 unspecified atom stereocenters. The predicted molar refractivity (Wildman–Crippen MR) is 85.0 cm³/mol. The van der Waals surface area contributed by atoms with E-state index in [9.17, 15) is 14.7 Å². The third-order valence-corrected chi connectivity index (χ3v) is 4.32. The van der Waals surface area contributed by atoms with E-state index in [-0.39, 0.29) is 17.5 Å². The number of hydrogen-bond donors (Lipinski definition) is 1. The van der Waals surface area contributed by atoms with Gasteiger partial charge in [-0.25, -0.2) is 9.78 Å². The highest BCUT2D eigenvalue weighted by Gasteiger charge is 2.28. The molecule has 0 fully saturated rings. The van der Waals surface area contributed by atoms with Crippen LogP contribution in [-0.4, -0.2) is 27.7 Å². The average molecular weight is 314 g/mol. The van der Waals surface area contributed by atoms with Crippen molar-refractivity contribution in [3.05, 3.63) is 45.9 Å². The van der Waals surface area contributed by atoms with Crippen LogP contribution in [0.5, 0.6) is 5.88 Å². The molecule has 0 saturated heterocycles. The van der Waals surface area contributed by atoms with Gasteiger partial charge in [0.15, 0.2) is 5.43 Å². The van der Waals surface area contributed by atoms with Crippen molar-refractivity contribution in [1.29, 1.82) is 0 Å². The van der Waals surface area contributed by atoms with Crippen LogP contribution in [0.1, 0.15) is 35.8 Å². The summed E-state index contributed by atoms with van der Waals surface area (Å²) >= 11 is 0. The summed E-state index contributed by atoms with van der Waals surface area (Å²) in [7, 11) is 1.56. The minimum atomic E-state index is -1.20. The zero-order valence-corrected chi connectivity index (χ0v) is 13.2. The Kier molecular flexibility index (Phi) is 3.67. The van der Waals surface area contributed by atoms with Crippen LogP contribution in [0.3, 0.4) is 0 Å². The van der Waals surface area contributed by atoms with Crippen LogP contribution >= 0.6 is 0 Å². The molecular weight excluding hydrogens is 296 g/mol. The number of carboxylic acid groups (broad SMARTS) is 1. The van der Waals surface area contributed by atoms with Crippen molar-refractivity contribution in [3.63, 3.8) is 0 Å². The van der Waals surface area contributed by atoms with Crippen LogP contribution in [0.4, 0.5) is 0 Å². The summed E-state index contributed by atoms with van der Waals surface area (Å²) in [5.41, 5.74) is 1.91. The lowest BCUT2D eigenvalue weighted by Crippen LogP contribution is -2.28. The molecule has 0 radical (unpaired) electrons. The molecule has 1 N–H and O–H groups in total. The molecule has 2 aromatic heterocycles. The lowest BCUT2D eigenvalue weighted by Gasteiger charge is -2.33. The number of aromatic carboxylic acids is 1. The number of ether oxygens (including phenoxy) is 1. The Morgan fingerprint density at radius 1 is 1.43 bits per heavy atom. The number of hydrogen-bond acceptors (Lipinski definition) is 4. The number of aromatic nitrogens is 2. The molecule has 3 heterocycles. The highest BCUT2D eigenvalue weighted by molar-refractivity contribution is 5.87. The van der Waals surface area contributed by atoms with E-state index >= 15 is 0 Å². The molecule has 1 aliphatic rings. The Labute approximate surface area is 133 Å². The molecule has 1 aliphatic heterocycles. The first-order valence-electron chi connectivity index (χ1n) is 7.45. The second kappa shape index (κ2) is 5.53. The number of fused-ring (bicyclic) bond motifs is 3. The summed E-state index contributed by atoms with van der Waals surface area (Å²) in [6.07, 6.45) is 3.87. The van der Waals surface area contributed by atoms with Gasteiger partial charge in [-0.15, -0.1) is 0 Å². The summed E-state index contributed by atoms with van der Waals surface area (Å²) in [6.45, 7) is 4.16. The first-order valence-corrected chi connectivity index (χ1v) is 7.45. The van der Waals surface area contributed by atoms with E-state index in [0.29, 0.717) is 11.6 Å². The van der Waals surface area contributed by atoms with Gasteiger partial charge in [-0.3, -0.25) is 4.79 Å². The molecule has 0 aromatic carbocycles. The monoisotopic (exact) mass is 314 g/mol. The van der Waals surface area contributed by atoms with Gasteiger partial charge >= 0.3 is 5.97 Å². The van der Waals surface area contributed by atoms with Gasteiger partial charge in [0.05, 0.1) is 12.8 Å². The molecule has 3 rings (SSSR count). The van der Waals surface area contributed by atoms with E-state index in [4.69, 9.17) is 4.74 Å². The van der Waals surface area contributed by atoms with E-state index in [1.807, 2.05) is 10.6 Å². The average Bonchev–Trinajstić information content (AvgIpc) is 2.52. The Morgan fingerprint density at radius 3 is 2.78 bits per heavy atom. The van der Waals surface area contributed by atoms with E-state index in [1.54, 1.807) is 13.3 Å². The van der Waals surface area contributed by atoms with Gasteiger partial charge in [0, 0.05) is 36.1 Å². The van der Waals surface area contributed by atoms with Crippen molar-refractivity contribution in [2.24, 2.45) is 5.92 Å². The smallest absolute Gasteiger partial charge is 0.341 e. The standard InChI is InChI=1S/C17H18N2O4/c1-9(2)13-4-10-5-16(23-3)18-7-11(10)14-6-15(20)12(17(21)22)8-19(13)14/h5-9,13H,4H2,1-3H3,(H,21,22). The fraction of sp³-hybridized carbons (Fsp3) is 0.353. The van der Waals surface area contributed by atoms with Gasteiger partial charge in [-0.1, -0.05) is 13.8 Å². The van der Waals surface area contributed by atoms with Crippen LogP contribution in [-0.2, 0) is 6.42 Å². The minimum absolute atomic E-state index is 0.0725. The fourth-order valence-corrected chi connectivity index (χ4v) is 3.07. The topological polar surface area (TPSA) is 81.4 Å². The summed E-state index contributed by atoms with van der Waals surface area (Å²) in [4.78, 5) is 27.6. The quantitative estimate of drug-likeness (QED) is 0.940. The lowest BCUT2D eigenvalue weighted by molar-refractivity contribution is 0.0694. The van der Waals surface area contributed by atoms with Gasteiger partial charge in [0.2, 0.25) is 5.88 Å². The van der Waals surface area contributed by atoms with Crippen molar-refractivity contribution >= 4 is 5.97 Å². The number of carbonyl (C=O) groups is 1. The van der Waals surface area contributed by atoms with E-state index in [0.717, 1.165) is 17.5 Å². The minimum Gasteiger partial charge on any atom is -0.481 e. The molecule has 6 heteroatoms. The number of rotatable bonds is 3. The van der Waals surface area contributed by atoms with Crippen LogP contribution in [0.2, 0.25) is 0 Å². The summed E-state index contributed by atoms with van der Waals surface area (Å²) in [6, 6.07) is 3.35. The number of nitrogens with zero attached hydrogens (tertiary/aromatic N) is 2. The summed E-state index contributed by atoms with van der Waals surface area (Å²) in [5.74, 6) is -0.388. The zero-order chi connectivity index (χ0) is 16.7. The SMILES string of the molecule is COc1cc2c(cn1)-c1cc(=O)c(C(=O)O)cn1C(C(C)C)C2. The van der Waals surface area contributed by atoms with Crippen LogP contribution in [0, 0.1) is 5.92 Å². The molecule has 0 aliphatic carbocycles. The Hall–Kier alpha value is -2.63. The highest BCUT2D eigenvalue weighted by Crippen LogP contribution is 2.37. The Balaban J connectivity index is 2.28. The zero-order valence-electron chi connectivity index (χ0n) is 13.2. The lowest BCUT2D eigenvalue weighted by atomic mass is 9.88. The van der Waals surface area contributed by atoms with Gasteiger partial charge < -0.3 is 14.4 Å². The molecule has 0 amide bonds. The highest BCUT2D eigenvalue weighted by atomic mass is 16.5. The van der Waals surface area contributed by atoms with E-state index < -0.39 is 11.4 Å². The van der Waals surface area contributed by atoms with Crippen molar-refractivity contribution in [2.45, 2.75) is 26.3 Å². The maximum atomic E-state index is 12.1. The first kappa shape index (κ1) is 15.3. The summed E-state index contributed by atoms with van der Waals surface area (Å²) in [5, 5.41) is 9.21. The van der Waals surface area contributed by atoms with Crippen LogP contribution < -0.4 is 10.2 Å². The second-order valence-electron chi connectivity index (χ2n) is 6.05.